The Kier molecular flexibility index (Phi) is 4.65. The van der Waals surface area contributed by atoms with Gasteiger partial charge in [-0.05, 0) is 29.8 Å². The van der Waals surface area contributed by atoms with Crippen molar-refractivity contribution < 1.29 is 18.7 Å². The summed E-state index contributed by atoms with van der Waals surface area (Å²) in [7, 11) is 1.29. The predicted octanol–water partition coefficient (Wildman–Crippen LogP) is 2.56. The maximum absolute atomic E-state index is 13.3. The van der Waals surface area contributed by atoms with Gasteiger partial charge in [0.2, 0.25) is 0 Å². The Morgan fingerprint density at radius 1 is 1.35 bits per heavy atom. The van der Waals surface area contributed by atoms with E-state index >= 15 is 0 Å². The third kappa shape index (κ3) is 3.54. The second kappa shape index (κ2) is 6.65. The minimum atomic E-state index is -0.684. The molecule has 2 rings (SSSR count). The van der Waals surface area contributed by atoms with Crippen LogP contribution in [0, 0.1) is 5.82 Å². The molecule has 0 aliphatic rings. The molecule has 0 saturated heterocycles. The fourth-order valence-electron chi connectivity index (χ4n) is 1.78. The SMILES string of the molecule is COC(=O)C(COc1cccnc1)c1cccc(F)c1. The molecule has 4 nitrogen and oxygen atoms in total. The maximum atomic E-state index is 13.3. The van der Waals surface area contributed by atoms with E-state index in [1.54, 1.807) is 36.7 Å². The van der Waals surface area contributed by atoms with Gasteiger partial charge >= 0.3 is 5.97 Å². The van der Waals surface area contributed by atoms with Gasteiger partial charge in [0, 0.05) is 6.20 Å². The van der Waals surface area contributed by atoms with E-state index in [4.69, 9.17) is 9.47 Å². The van der Waals surface area contributed by atoms with E-state index in [1.807, 2.05) is 0 Å². The molecule has 2 aromatic rings. The van der Waals surface area contributed by atoms with E-state index in [1.165, 1.54) is 19.2 Å². The van der Waals surface area contributed by atoms with Crippen LogP contribution in [-0.2, 0) is 9.53 Å². The lowest BCUT2D eigenvalue weighted by Gasteiger charge is -2.16. The molecule has 0 aliphatic heterocycles. The first kappa shape index (κ1) is 14.0. The monoisotopic (exact) mass is 275 g/mol. The largest absolute Gasteiger partial charge is 0.491 e. The molecule has 0 spiro atoms. The van der Waals surface area contributed by atoms with Crippen LogP contribution < -0.4 is 4.74 Å². The van der Waals surface area contributed by atoms with Gasteiger partial charge in [0.1, 0.15) is 24.1 Å². The Morgan fingerprint density at radius 3 is 2.85 bits per heavy atom. The summed E-state index contributed by atoms with van der Waals surface area (Å²) in [5.74, 6) is -1.02. The highest BCUT2D eigenvalue weighted by Crippen LogP contribution is 2.20. The summed E-state index contributed by atoms with van der Waals surface area (Å²) < 4.78 is 23.5. The first-order valence-electron chi connectivity index (χ1n) is 6.07. The van der Waals surface area contributed by atoms with E-state index in [0.717, 1.165) is 0 Å². The van der Waals surface area contributed by atoms with Crippen molar-refractivity contribution >= 4 is 5.97 Å². The van der Waals surface area contributed by atoms with Crippen LogP contribution in [0.2, 0.25) is 0 Å². The summed E-state index contributed by atoms with van der Waals surface area (Å²) in [4.78, 5) is 15.7. The number of esters is 1. The van der Waals surface area contributed by atoms with Gasteiger partial charge < -0.3 is 9.47 Å². The summed E-state index contributed by atoms with van der Waals surface area (Å²) in [5, 5.41) is 0. The number of hydrogen-bond donors (Lipinski definition) is 0. The summed E-state index contributed by atoms with van der Waals surface area (Å²) in [6, 6.07) is 9.29. The van der Waals surface area contributed by atoms with Crippen LogP contribution in [0.1, 0.15) is 11.5 Å². The number of methoxy groups -OCH3 is 1. The Hall–Kier alpha value is -2.43. The zero-order chi connectivity index (χ0) is 14.4. The molecule has 1 aromatic carbocycles. The van der Waals surface area contributed by atoms with Gasteiger partial charge in [0.05, 0.1) is 13.3 Å². The van der Waals surface area contributed by atoms with Gasteiger partial charge in [-0.1, -0.05) is 12.1 Å². The van der Waals surface area contributed by atoms with E-state index in [2.05, 4.69) is 4.98 Å². The molecule has 0 N–H and O–H groups in total. The highest BCUT2D eigenvalue weighted by atomic mass is 19.1. The lowest BCUT2D eigenvalue weighted by atomic mass is 10.00. The van der Waals surface area contributed by atoms with Crippen LogP contribution in [0.5, 0.6) is 5.75 Å². The molecule has 5 heteroatoms. The molecule has 0 aliphatic carbocycles. The zero-order valence-corrected chi connectivity index (χ0v) is 11.0. The fraction of sp³-hybridized carbons (Fsp3) is 0.200. The summed E-state index contributed by atoms with van der Waals surface area (Å²) in [6.45, 7) is 0.0574. The van der Waals surface area contributed by atoms with E-state index in [-0.39, 0.29) is 6.61 Å². The number of benzene rings is 1. The molecule has 1 unspecified atom stereocenters. The number of pyridine rings is 1. The van der Waals surface area contributed by atoms with Crippen molar-refractivity contribution in [3.05, 3.63) is 60.2 Å². The Bertz CT molecular complexity index is 574. The topological polar surface area (TPSA) is 48.4 Å². The van der Waals surface area contributed by atoms with Crippen LogP contribution >= 0.6 is 0 Å². The minimum absolute atomic E-state index is 0.0574. The van der Waals surface area contributed by atoms with Crippen molar-refractivity contribution in [1.29, 1.82) is 0 Å². The Morgan fingerprint density at radius 2 is 2.20 bits per heavy atom. The number of aromatic nitrogens is 1. The Balaban J connectivity index is 2.14. The first-order valence-corrected chi connectivity index (χ1v) is 6.07. The molecule has 1 heterocycles. The standard InChI is InChI=1S/C15H14FNO3/c1-19-15(18)14(11-4-2-5-12(16)8-11)10-20-13-6-3-7-17-9-13/h2-9,14H,10H2,1H3. The second-order valence-electron chi connectivity index (χ2n) is 4.13. The lowest BCUT2D eigenvalue weighted by Crippen LogP contribution is -2.21. The number of rotatable bonds is 5. The highest BCUT2D eigenvalue weighted by molar-refractivity contribution is 5.78. The molecule has 0 bridgehead atoms. The van der Waals surface area contributed by atoms with Gasteiger partial charge in [-0.15, -0.1) is 0 Å². The number of ether oxygens (including phenoxy) is 2. The van der Waals surface area contributed by atoms with Crippen molar-refractivity contribution in [3.8, 4) is 5.75 Å². The van der Waals surface area contributed by atoms with Crippen LogP contribution in [0.4, 0.5) is 4.39 Å². The predicted molar refractivity (Wildman–Crippen MR) is 70.9 cm³/mol. The molecule has 0 amide bonds. The number of carbonyl (C=O) groups excluding carboxylic acids is 1. The van der Waals surface area contributed by atoms with Gasteiger partial charge in [-0.2, -0.15) is 0 Å². The average Bonchev–Trinajstić information content (AvgIpc) is 2.48. The minimum Gasteiger partial charge on any atom is -0.491 e. The molecular weight excluding hydrogens is 261 g/mol. The van der Waals surface area contributed by atoms with Crippen LogP contribution in [-0.4, -0.2) is 24.7 Å². The molecule has 0 saturated carbocycles. The number of hydrogen-bond acceptors (Lipinski definition) is 4. The van der Waals surface area contributed by atoms with E-state index in [9.17, 15) is 9.18 Å². The molecular formula is C15H14FNO3. The summed E-state index contributed by atoms with van der Waals surface area (Å²) in [6.07, 6.45) is 3.16. The zero-order valence-electron chi connectivity index (χ0n) is 11.0. The number of carbonyl (C=O) groups is 1. The first-order chi connectivity index (χ1) is 9.70. The van der Waals surface area contributed by atoms with Crippen LogP contribution in [0.25, 0.3) is 0 Å². The van der Waals surface area contributed by atoms with Gasteiger partial charge in [-0.3, -0.25) is 9.78 Å². The smallest absolute Gasteiger partial charge is 0.316 e. The van der Waals surface area contributed by atoms with Crippen molar-refractivity contribution in [3.63, 3.8) is 0 Å². The van der Waals surface area contributed by atoms with Crippen LogP contribution in [0.3, 0.4) is 0 Å². The maximum Gasteiger partial charge on any atom is 0.316 e. The van der Waals surface area contributed by atoms with Gasteiger partial charge in [0.15, 0.2) is 0 Å². The fourth-order valence-corrected chi connectivity index (χ4v) is 1.78. The van der Waals surface area contributed by atoms with Crippen molar-refractivity contribution in [2.75, 3.05) is 13.7 Å². The average molecular weight is 275 g/mol. The molecule has 0 fully saturated rings. The third-order valence-electron chi connectivity index (χ3n) is 2.79. The second-order valence-corrected chi connectivity index (χ2v) is 4.13. The van der Waals surface area contributed by atoms with Crippen LogP contribution in [0.15, 0.2) is 48.8 Å². The van der Waals surface area contributed by atoms with Gasteiger partial charge in [-0.25, -0.2) is 4.39 Å². The molecule has 1 atom stereocenters. The number of halogens is 1. The van der Waals surface area contributed by atoms with Crippen molar-refractivity contribution in [2.24, 2.45) is 0 Å². The third-order valence-corrected chi connectivity index (χ3v) is 2.79. The molecule has 104 valence electrons. The quantitative estimate of drug-likeness (QED) is 0.787. The highest BCUT2D eigenvalue weighted by Gasteiger charge is 2.22. The van der Waals surface area contributed by atoms with Crippen molar-refractivity contribution in [2.45, 2.75) is 5.92 Å². The van der Waals surface area contributed by atoms with E-state index < -0.39 is 17.7 Å². The molecule has 0 radical (unpaired) electrons. The molecule has 1 aromatic heterocycles. The Labute approximate surface area is 116 Å². The van der Waals surface area contributed by atoms with Gasteiger partial charge in [0.25, 0.3) is 0 Å². The normalized spacial score (nSPS) is 11.7. The van der Waals surface area contributed by atoms with Crippen molar-refractivity contribution in [1.82, 2.24) is 4.98 Å². The lowest BCUT2D eigenvalue weighted by molar-refractivity contribution is -0.143. The summed E-state index contributed by atoms with van der Waals surface area (Å²) in [5.41, 5.74) is 0.515. The molecule has 20 heavy (non-hydrogen) atoms. The summed E-state index contributed by atoms with van der Waals surface area (Å²) >= 11 is 0. The number of nitrogens with zero attached hydrogens (tertiary/aromatic N) is 1. The van der Waals surface area contributed by atoms with E-state index in [0.29, 0.717) is 11.3 Å².